The Kier molecular flexibility index (Phi) is 4.34. The van der Waals surface area contributed by atoms with Gasteiger partial charge in [-0.25, -0.2) is 4.98 Å². The topological polar surface area (TPSA) is 64.8 Å². The van der Waals surface area contributed by atoms with Gasteiger partial charge < -0.3 is 18.8 Å². The van der Waals surface area contributed by atoms with E-state index in [1.165, 1.54) is 18.2 Å². The van der Waals surface area contributed by atoms with Crippen molar-refractivity contribution in [1.29, 1.82) is 0 Å². The van der Waals surface area contributed by atoms with Gasteiger partial charge in [0, 0.05) is 13.7 Å². The van der Waals surface area contributed by atoms with Gasteiger partial charge in [0.05, 0.1) is 12.7 Å². The fraction of sp³-hybridized carbons (Fsp3) is 0.412. The molecule has 0 spiro atoms. The molecule has 1 aromatic heterocycles. The Bertz CT molecular complexity index is 654. The summed E-state index contributed by atoms with van der Waals surface area (Å²) in [6, 6.07) is 7.88. The first kappa shape index (κ1) is 15.6. The van der Waals surface area contributed by atoms with Gasteiger partial charge in [-0.2, -0.15) is 0 Å². The van der Waals surface area contributed by atoms with Crippen molar-refractivity contribution < 1.29 is 18.7 Å². The number of carbonyl (C=O) groups excluding carboxylic acids is 1. The van der Waals surface area contributed by atoms with E-state index in [1.54, 1.807) is 12.0 Å². The highest BCUT2D eigenvalue weighted by molar-refractivity contribution is 5.91. The first-order valence-corrected chi connectivity index (χ1v) is 7.54. The number of methoxy groups -OCH3 is 1. The van der Waals surface area contributed by atoms with Crippen LogP contribution in [0.3, 0.4) is 0 Å². The number of hydrogen-bond acceptors (Lipinski definition) is 5. The number of oxazole rings is 1. The van der Waals surface area contributed by atoms with Crippen molar-refractivity contribution >= 4 is 5.91 Å². The quantitative estimate of drug-likeness (QED) is 0.847. The van der Waals surface area contributed by atoms with Crippen molar-refractivity contribution in [1.82, 2.24) is 9.88 Å². The number of aromatic nitrogens is 1. The predicted octanol–water partition coefficient (Wildman–Crippen LogP) is 2.29. The maximum atomic E-state index is 12.3. The molecule has 6 heteroatoms. The molecule has 3 rings (SSSR count). The van der Waals surface area contributed by atoms with Gasteiger partial charge in [-0.15, -0.1) is 0 Å². The lowest BCUT2D eigenvalue weighted by atomic mass is 10.0. The van der Waals surface area contributed by atoms with Gasteiger partial charge in [0.2, 0.25) is 5.76 Å². The Morgan fingerprint density at radius 3 is 2.83 bits per heavy atom. The molecule has 122 valence electrons. The lowest BCUT2D eigenvalue weighted by molar-refractivity contribution is -0.0344. The van der Waals surface area contributed by atoms with Crippen LogP contribution in [0.25, 0.3) is 0 Å². The van der Waals surface area contributed by atoms with E-state index in [1.807, 2.05) is 31.2 Å². The zero-order chi connectivity index (χ0) is 16.3. The Hall–Kier alpha value is -2.34. The van der Waals surface area contributed by atoms with E-state index in [9.17, 15) is 4.79 Å². The molecule has 2 aromatic rings. The van der Waals surface area contributed by atoms with Crippen LogP contribution in [0, 0.1) is 6.92 Å². The van der Waals surface area contributed by atoms with Gasteiger partial charge >= 0.3 is 0 Å². The van der Waals surface area contributed by atoms with Crippen molar-refractivity contribution in [3.63, 3.8) is 0 Å². The lowest BCUT2D eigenvalue weighted by Crippen LogP contribution is -2.42. The number of carbonyl (C=O) groups is 1. The van der Waals surface area contributed by atoms with Crippen LogP contribution in [0.5, 0.6) is 5.75 Å². The van der Waals surface area contributed by atoms with Crippen LogP contribution in [-0.2, 0) is 4.74 Å². The largest absolute Gasteiger partial charge is 0.491 e. The second-order valence-corrected chi connectivity index (χ2v) is 5.83. The van der Waals surface area contributed by atoms with Crippen molar-refractivity contribution in [2.45, 2.75) is 18.9 Å². The van der Waals surface area contributed by atoms with E-state index in [-0.39, 0.29) is 11.7 Å². The van der Waals surface area contributed by atoms with E-state index in [0.717, 1.165) is 12.2 Å². The molecule has 2 heterocycles. The molecule has 0 saturated carbocycles. The summed E-state index contributed by atoms with van der Waals surface area (Å²) in [7, 11) is 1.65. The first-order valence-electron chi connectivity index (χ1n) is 7.54. The Morgan fingerprint density at radius 1 is 1.39 bits per heavy atom. The fourth-order valence-electron chi connectivity index (χ4n) is 2.69. The molecule has 1 amide bonds. The molecule has 0 unspecified atom stereocenters. The van der Waals surface area contributed by atoms with Crippen molar-refractivity contribution in [2.24, 2.45) is 0 Å². The molecule has 0 radical (unpaired) electrons. The maximum Gasteiger partial charge on any atom is 0.291 e. The fourth-order valence-corrected chi connectivity index (χ4v) is 2.69. The summed E-state index contributed by atoms with van der Waals surface area (Å²) in [6.45, 7) is 3.50. The smallest absolute Gasteiger partial charge is 0.291 e. The Labute approximate surface area is 135 Å². The van der Waals surface area contributed by atoms with Crippen molar-refractivity contribution in [2.75, 3.05) is 26.8 Å². The molecule has 1 aliphatic rings. The first-order chi connectivity index (χ1) is 11.1. The van der Waals surface area contributed by atoms with Crippen LogP contribution >= 0.6 is 0 Å². The summed E-state index contributed by atoms with van der Waals surface area (Å²) in [5.74, 6) is 0.875. The predicted molar refractivity (Wildman–Crippen MR) is 83.4 cm³/mol. The molecule has 23 heavy (non-hydrogen) atoms. The molecule has 1 aliphatic heterocycles. The third kappa shape index (κ3) is 3.37. The van der Waals surface area contributed by atoms with E-state index in [4.69, 9.17) is 13.9 Å². The maximum absolute atomic E-state index is 12.3. The number of benzene rings is 1. The second kappa shape index (κ2) is 6.42. The molecule has 6 nitrogen and oxygen atoms in total. The third-order valence-corrected chi connectivity index (χ3v) is 4.20. The summed E-state index contributed by atoms with van der Waals surface area (Å²) < 4.78 is 16.6. The van der Waals surface area contributed by atoms with Crippen LogP contribution in [0.4, 0.5) is 0 Å². The Balaban J connectivity index is 1.63. The number of rotatable bonds is 5. The van der Waals surface area contributed by atoms with Crippen LogP contribution in [0.15, 0.2) is 41.3 Å². The molecule has 1 saturated heterocycles. The minimum absolute atomic E-state index is 0.170. The summed E-state index contributed by atoms with van der Waals surface area (Å²) in [6.07, 6.45) is 3.40. The zero-order valence-corrected chi connectivity index (χ0v) is 13.3. The van der Waals surface area contributed by atoms with Gasteiger partial charge in [0.15, 0.2) is 6.39 Å². The molecular weight excluding hydrogens is 296 g/mol. The number of likely N-dealkylation sites (tertiary alicyclic amines) is 1. The Morgan fingerprint density at radius 2 is 2.17 bits per heavy atom. The number of ether oxygens (including phenoxy) is 2. The SMILES string of the molecule is CO[C@]1(COc2ccc(C)cc2)CCN(C(=O)c2cnco2)C1. The molecule has 1 fully saturated rings. The number of aryl methyl sites for hydroxylation is 1. The normalized spacial score (nSPS) is 20.7. The van der Waals surface area contributed by atoms with Gasteiger partial charge in [-0.05, 0) is 25.5 Å². The molecule has 0 aliphatic carbocycles. The summed E-state index contributed by atoms with van der Waals surface area (Å²) >= 11 is 0. The van der Waals surface area contributed by atoms with Gasteiger partial charge in [0.1, 0.15) is 18.0 Å². The third-order valence-electron chi connectivity index (χ3n) is 4.20. The molecule has 1 aromatic carbocycles. The van der Waals surface area contributed by atoms with E-state index in [0.29, 0.717) is 19.7 Å². The number of amides is 1. The molecular formula is C17H20N2O4. The van der Waals surface area contributed by atoms with Crippen LogP contribution in [0.1, 0.15) is 22.5 Å². The van der Waals surface area contributed by atoms with Gasteiger partial charge in [-0.1, -0.05) is 17.7 Å². The molecule has 0 N–H and O–H groups in total. The van der Waals surface area contributed by atoms with E-state index < -0.39 is 5.60 Å². The van der Waals surface area contributed by atoms with Crippen LogP contribution in [0.2, 0.25) is 0 Å². The van der Waals surface area contributed by atoms with Crippen molar-refractivity contribution in [3.8, 4) is 5.75 Å². The number of nitrogens with zero attached hydrogens (tertiary/aromatic N) is 2. The monoisotopic (exact) mass is 316 g/mol. The highest BCUT2D eigenvalue weighted by Gasteiger charge is 2.41. The van der Waals surface area contributed by atoms with E-state index in [2.05, 4.69) is 4.98 Å². The van der Waals surface area contributed by atoms with Crippen molar-refractivity contribution in [3.05, 3.63) is 48.2 Å². The van der Waals surface area contributed by atoms with Gasteiger partial charge in [-0.3, -0.25) is 4.79 Å². The summed E-state index contributed by atoms with van der Waals surface area (Å²) in [5.41, 5.74) is 0.684. The average Bonchev–Trinajstić information content (AvgIpc) is 3.24. The average molecular weight is 316 g/mol. The number of hydrogen-bond donors (Lipinski definition) is 0. The highest BCUT2D eigenvalue weighted by atomic mass is 16.5. The van der Waals surface area contributed by atoms with Crippen LogP contribution < -0.4 is 4.74 Å². The standard InChI is InChI=1S/C17H20N2O4/c1-13-3-5-14(6-4-13)22-11-17(21-2)7-8-19(10-17)16(20)15-9-18-12-23-15/h3-6,9,12H,7-8,10-11H2,1-2H3/t17-/m1/s1. The van der Waals surface area contributed by atoms with Crippen LogP contribution in [-0.4, -0.2) is 48.2 Å². The minimum atomic E-state index is -0.499. The minimum Gasteiger partial charge on any atom is -0.491 e. The lowest BCUT2D eigenvalue weighted by Gasteiger charge is -2.27. The molecule has 1 atom stereocenters. The highest BCUT2D eigenvalue weighted by Crippen LogP contribution is 2.27. The second-order valence-electron chi connectivity index (χ2n) is 5.83. The van der Waals surface area contributed by atoms with Gasteiger partial charge in [0.25, 0.3) is 5.91 Å². The molecule has 0 bridgehead atoms. The summed E-state index contributed by atoms with van der Waals surface area (Å²) in [5, 5.41) is 0. The summed E-state index contributed by atoms with van der Waals surface area (Å²) in [4.78, 5) is 17.8. The van der Waals surface area contributed by atoms with E-state index >= 15 is 0 Å². The zero-order valence-electron chi connectivity index (χ0n) is 13.3.